The number of nitrogens with zero attached hydrogens (tertiary/aromatic N) is 4. The molecule has 0 unspecified atom stereocenters. The Bertz CT molecular complexity index is 685. The molecule has 8 nitrogen and oxygen atoms in total. The molecule has 8 heteroatoms. The summed E-state index contributed by atoms with van der Waals surface area (Å²) < 4.78 is 16.0. The van der Waals surface area contributed by atoms with Gasteiger partial charge in [-0.1, -0.05) is 41.0 Å². The van der Waals surface area contributed by atoms with Gasteiger partial charge in [-0.3, -0.25) is 0 Å². The largest absolute Gasteiger partial charge is 0.377 e. The van der Waals surface area contributed by atoms with Crippen LogP contribution in [-0.2, 0) is 20.8 Å². The SMILES string of the molecule is C#CCOCCOCCOCCN(Cc1ccccc1)C(=O)n1nccn1. The van der Waals surface area contributed by atoms with E-state index in [0.717, 1.165) is 10.4 Å². The maximum atomic E-state index is 12.6. The van der Waals surface area contributed by atoms with Crippen molar-refractivity contribution in [2.45, 2.75) is 6.54 Å². The van der Waals surface area contributed by atoms with Crippen molar-refractivity contribution in [2.24, 2.45) is 0 Å². The zero-order valence-corrected chi connectivity index (χ0v) is 15.2. The van der Waals surface area contributed by atoms with Gasteiger partial charge in [-0.2, -0.15) is 10.2 Å². The lowest BCUT2D eigenvalue weighted by Gasteiger charge is -2.21. The fourth-order valence-corrected chi connectivity index (χ4v) is 2.23. The van der Waals surface area contributed by atoms with E-state index in [0.29, 0.717) is 46.1 Å². The predicted molar refractivity (Wildman–Crippen MR) is 99.0 cm³/mol. The molecule has 2 aromatic rings. The summed E-state index contributed by atoms with van der Waals surface area (Å²) in [5.41, 5.74) is 1.02. The van der Waals surface area contributed by atoms with Crippen molar-refractivity contribution in [3.8, 4) is 12.3 Å². The first-order valence-corrected chi connectivity index (χ1v) is 8.67. The highest BCUT2D eigenvalue weighted by Gasteiger charge is 2.17. The average molecular weight is 372 g/mol. The van der Waals surface area contributed by atoms with Gasteiger partial charge in [0.15, 0.2) is 0 Å². The van der Waals surface area contributed by atoms with E-state index in [1.807, 2.05) is 30.3 Å². The van der Waals surface area contributed by atoms with E-state index in [1.165, 1.54) is 12.4 Å². The molecule has 27 heavy (non-hydrogen) atoms. The zero-order valence-electron chi connectivity index (χ0n) is 15.2. The van der Waals surface area contributed by atoms with Gasteiger partial charge >= 0.3 is 6.03 Å². The Kier molecular flexibility index (Phi) is 9.60. The van der Waals surface area contributed by atoms with Gasteiger partial charge in [0.05, 0.1) is 45.4 Å². The van der Waals surface area contributed by atoms with Crippen LogP contribution in [0.4, 0.5) is 4.79 Å². The van der Waals surface area contributed by atoms with Crippen LogP contribution < -0.4 is 0 Å². The van der Waals surface area contributed by atoms with E-state index in [4.69, 9.17) is 20.6 Å². The monoisotopic (exact) mass is 372 g/mol. The molecule has 0 atom stereocenters. The fourth-order valence-electron chi connectivity index (χ4n) is 2.23. The summed E-state index contributed by atoms with van der Waals surface area (Å²) in [6.45, 7) is 3.35. The van der Waals surface area contributed by atoms with Crippen LogP contribution in [0.1, 0.15) is 5.56 Å². The van der Waals surface area contributed by atoms with Crippen LogP contribution in [-0.4, -0.2) is 72.1 Å². The van der Waals surface area contributed by atoms with Crippen LogP contribution in [0.25, 0.3) is 0 Å². The molecular weight excluding hydrogens is 348 g/mol. The number of carbonyl (C=O) groups excluding carboxylic acids is 1. The minimum Gasteiger partial charge on any atom is -0.377 e. The van der Waals surface area contributed by atoms with Gasteiger partial charge < -0.3 is 19.1 Å². The lowest BCUT2D eigenvalue weighted by Crippen LogP contribution is -2.38. The lowest BCUT2D eigenvalue weighted by atomic mass is 10.2. The molecule has 1 aromatic heterocycles. The van der Waals surface area contributed by atoms with Crippen LogP contribution in [0.3, 0.4) is 0 Å². The maximum Gasteiger partial charge on any atom is 0.362 e. The molecule has 0 aliphatic heterocycles. The normalized spacial score (nSPS) is 10.5. The molecule has 0 N–H and O–H groups in total. The number of carbonyl (C=O) groups is 1. The Labute approximate surface area is 159 Å². The summed E-state index contributed by atoms with van der Waals surface area (Å²) in [5, 5.41) is 7.81. The Hall–Kier alpha value is -2.73. The first kappa shape index (κ1) is 20.6. The smallest absolute Gasteiger partial charge is 0.362 e. The number of terminal acetylenes is 1. The number of ether oxygens (including phenoxy) is 3. The summed E-state index contributed by atoms with van der Waals surface area (Å²) in [4.78, 5) is 15.3. The van der Waals surface area contributed by atoms with Gasteiger partial charge in [0.2, 0.25) is 0 Å². The Morgan fingerprint density at radius 2 is 1.63 bits per heavy atom. The molecule has 1 aromatic carbocycles. The summed E-state index contributed by atoms with van der Waals surface area (Å²) >= 11 is 0. The van der Waals surface area contributed by atoms with E-state index in [9.17, 15) is 4.79 Å². The second-order valence-electron chi connectivity index (χ2n) is 5.49. The number of aromatic nitrogens is 3. The molecule has 0 fully saturated rings. The van der Waals surface area contributed by atoms with E-state index in [-0.39, 0.29) is 12.6 Å². The van der Waals surface area contributed by atoms with Crippen molar-refractivity contribution in [3.05, 3.63) is 48.3 Å². The van der Waals surface area contributed by atoms with Crippen LogP contribution in [0.5, 0.6) is 0 Å². The zero-order chi connectivity index (χ0) is 19.2. The Balaban J connectivity index is 1.71. The van der Waals surface area contributed by atoms with Crippen molar-refractivity contribution in [3.63, 3.8) is 0 Å². The van der Waals surface area contributed by atoms with E-state index in [2.05, 4.69) is 16.1 Å². The predicted octanol–water partition coefficient (Wildman–Crippen LogP) is 1.43. The van der Waals surface area contributed by atoms with Crippen molar-refractivity contribution in [2.75, 3.05) is 46.2 Å². The summed E-state index contributed by atoms with van der Waals surface area (Å²) in [6.07, 6.45) is 8.02. The van der Waals surface area contributed by atoms with Gasteiger partial charge in [-0.15, -0.1) is 6.42 Å². The van der Waals surface area contributed by atoms with Crippen molar-refractivity contribution < 1.29 is 19.0 Å². The summed E-state index contributed by atoms with van der Waals surface area (Å²) in [6, 6.07) is 9.44. The molecule has 0 saturated carbocycles. The van der Waals surface area contributed by atoms with Gasteiger partial charge in [-0.25, -0.2) is 4.79 Å². The molecule has 0 aliphatic carbocycles. The van der Waals surface area contributed by atoms with E-state index < -0.39 is 0 Å². The second-order valence-corrected chi connectivity index (χ2v) is 5.49. The highest BCUT2D eigenvalue weighted by molar-refractivity contribution is 5.74. The first-order chi connectivity index (χ1) is 13.3. The van der Waals surface area contributed by atoms with E-state index >= 15 is 0 Å². The third-order valence-corrected chi connectivity index (χ3v) is 3.51. The quantitative estimate of drug-likeness (QED) is 0.414. The second kappa shape index (κ2) is 12.6. The highest BCUT2D eigenvalue weighted by atomic mass is 16.5. The van der Waals surface area contributed by atoms with Crippen LogP contribution in [0.2, 0.25) is 0 Å². The van der Waals surface area contributed by atoms with Gasteiger partial charge in [-0.05, 0) is 5.56 Å². The number of hydrogen-bond donors (Lipinski definition) is 0. The number of rotatable bonds is 12. The molecule has 0 saturated heterocycles. The molecule has 2 rings (SSSR count). The van der Waals surface area contributed by atoms with E-state index in [1.54, 1.807) is 4.90 Å². The Morgan fingerprint density at radius 1 is 1.00 bits per heavy atom. The van der Waals surface area contributed by atoms with Crippen molar-refractivity contribution in [1.29, 1.82) is 0 Å². The average Bonchev–Trinajstić information content (AvgIpc) is 3.23. The van der Waals surface area contributed by atoms with Crippen molar-refractivity contribution in [1.82, 2.24) is 19.9 Å². The fraction of sp³-hybridized carbons (Fsp3) is 0.421. The number of hydrogen-bond acceptors (Lipinski definition) is 6. The molecule has 144 valence electrons. The number of amides is 1. The van der Waals surface area contributed by atoms with Gasteiger partial charge in [0, 0.05) is 13.1 Å². The summed E-state index contributed by atoms with van der Waals surface area (Å²) in [5.74, 6) is 2.39. The van der Waals surface area contributed by atoms with Gasteiger partial charge in [0.1, 0.15) is 6.61 Å². The third-order valence-electron chi connectivity index (χ3n) is 3.51. The molecule has 0 aliphatic rings. The highest BCUT2D eigenvalue weighted by Crippen LogP contribution is 2.06. The standard InChI is InChI=1S/C19H24N4O4/c1-2-11-25-13-15-27-16-14-26-12-10-22(17-18-6-4-3-5-7-18)19(24)23-20-8-9-21-23/h1,3-9H,10-17H2. The molecule has 0 bridgehead atoms. The number of benzene rings is 1. The van der Waals surface area contributed by atoms with Gasteiger partial charge in [0.25, 0.3) is 0 Å². The topological polar surface area (TPSA) is 78.7 Å². The Morgan fingerprint density at radius 3 is 2.30 bits per heavy atom. The molecule has 1 amide bonds. The van der Waals surface area contributed by atoms with Crippen LogP contribution >= 0.6 is 0 Å². The molecular formula is C19H24N4O4. The van der Waals surface area contributed by atoms with Crippen LogP contribution in [0, 0.1) is 12.3 Å². The molecule has 1 heterocycles. The van der Waals surface area contributed by atoms with Crippen LogP contribution in [0.15, 0.2) is 42.7 Å². The van der Waals surface area contributed by atoms with Crippen molar-refractivity contribution >= 4 is 6.03 Å². The first-order valence-electron chi connectivity index (χ1n) is 8.67. The lowest BCUT2D eigenvalue weighted by molar-refractivity contribution is 0.0169. The molecule has 0 spiro atoms. The molecule has 0 radical (unpaired) electrons. The summed E-state index contributed by atoms with van der Waals surface area (Å²) in [7, 11) is 0. The minimum absolute atomic E-state index is 0.288. The maximum absolute atomic E-state index is 12.6. The third kappa shape index (κ3) is 8.00. The minimum atomic E-state index is -0.297.